The van der Waals surface area contributed by atoms with Crippen LogP contribution in [0.4, 0.5) is 10.6 Å². The second kappa shape index (κ2) is 10.2. The number of nitrogens with zero attached hydrogens (tertiary/aromatic N) is 4. The maximum atomic E-state index is 12.6. The summed E-state index contributed by atoms with van der Waals surface area (Å²) >= 11 is 0. The van der Waals surface area contributed by atoms with E-state index >= 15 is 0 Å². The van der Waals surface area contributed by atoms with Crippen molar-refractivity contribution in [1.82, 2.24) is 24.7 Å². The van der Waals surface area contributed by atoms with Crippen LogP contribution in [0.15, 0.2) is 41.3 Å². The van der Waals surface area contributed by atoms with Crippen LogP contribution >= 0.6 is 0 Å². The van der Waals surface area contributed by atoms with E-state index in [0.717, 1.165) is 38.2 Å². The third-order valence-electron chi connectivity index (χ3n) is 6.40. The van der Waals surface area contributed by atoms with Crippen LogP contribution in [0.5, 0.6) is 0 Å². The Labute approximate surface area is 188 Å². The number of piperazine rings is 1. The summed E-state index contributed by atoms with van der Waals surface area (Å²) in [6.07, 6.45) is 6.21. The van der Waals surface area contributed by atoms with E-state index in [-0.39, 0.29) is 11.8 Å². The molecule has 9 nitrogen and oxygen atoms in total. The lowest BCUT2D eigenvalue weighted by atomic mass is 9.90. The van der Waals surface area contributed by atoms with Gasteiger partial charge in [-0.15, -0.1) is 0 Å². The van der Waals surface area contributed by atoms with Crippen LogP contribution in [0.3, 0.4) is 0 Å². The van der Waals surface area contributed by atoms with Crippen molar-refractivity contribution in [3.63, 3.8) is 0 Å². The van der Waals surface area contributed by atoms with Crippen molar-refractivity contribution < 1.29 is 4.79 Å². The van der Waals surface area contributed by atoms with Crippen molar-refractivity contribution in [2.24, 2.45) is 5.73 Å². The van der Waals surface area contributed by atoms with Crippen molar-refractivity contribution in [3.8, 4) is 5.69 Å². The first kappa shape index (κ1) is 22.4. The predicted molar refractivity (Wildman–Crippen MR) is 125 cm³/mol. The van der Waals surface area contributed by atoms with E-state index in [9.17, 15) is 9.59 Å². The summed E-state index contributed by atoms with van der Waals surface area (Å²) in [5.41, 5.74) is 7.65. The molecule has 1 saturated carbocycles. The lowest BCUT2D eigenvalue weighted by molar-refractivity contribution is 0.173. The Hall–Kier alpha value is -2.75. The summed E-state index contributed by atoms with van der Waals surface area (Å²) in [5.74, 6) is 0.263. The van der Waals surface area contributed by atoms with E-state index in [2.05, 4.69) is 27.6 Å². The normalized spacial score (nSPS) is 21.5. The number of rotatable bonds is 5. The Bertz CT molecular complexity index is 969. The number of hydrogen-bond donors (Lipinski definition) is 3. The molecule has 1 aromatic carbocycles. The number of aromatic nitrogens is 2. The van der Waals surface area contributed by atoms with Crippen LogP contribution in [0.2, 0.25) is 0 Å². The first-order valence-electron chi connectivity index (χ1n) is 11.4. The number of nitrogens with two attached hydrogens (primary N) is 1. The fourth-order valence-electron chi connectivity index (χ4n) is 4.51. The molecule has 2 atom stereocenters. The zero-order valence-electron chi connectivity index (χ0n) is 18.7. The number of carbonyl (C=O) groups excluding carboxylic acids is 1. The second-order valence-corrected chi connectivity index (χ2v) is 8.79. The molecule has 2 aromatic rings. The zero-order chi connectivity index (χ0) is 22.5. The van der Waals surface area contributed by atoms with Gasteiger partial charge in [0.15, 0.2) is 0 Å². The molecular weight excluding hydrogens is 406 g/mol. The average Bonchev–Trinajstić information content (AvgIpc) is 2.80. The number of benzene rings is 1. The molecule has 2 aliphatic rings. The Morgan fingerprint density at radius 3 is 2.66 bits per heavy atom. The first-order chi connectivity index (χ1) is 15.5. The van der Waals surface area contributed by atoms with Gasteiger partial charge in [0, 0.05) is 51.0 Å². The third kappa shape index (κ3) is 5.53. The molecule has 4 rings (SSSR count). The van der Waals surface area contributed by atoms with Gasteiger partial charge in [0.1, 0.15) is 5.82 Å². The van der Waals surface area contributed by atoms with Gasteiger partial charge in [-0.3, -0.25) is 14.8 Å². The van der Waals surface area contributed by atoms with Gasteiger partial charge in [-0.2, -0.15) is 4.98 Å². The summed E-state index contributed by atoms with van der Waals surface area (Å²) in [6, 6.07) is 10.2. The summed E-state index contributed by atoms with van der Waals surface area (Å²) in [7, 11) is 2.15. The van der Waals surface area contributed by atoms with E-state index in [0.29, 0.717) is 25.2 Å². The third-order valence-corrected chi connectivity index (χ3v) is 6.40. The molecule has 1 aliphatic heterocycles. The van der Waals surface area contributed by atoms with Gasteiger partial charge in [0.05, 0.1) is 5.69 Å². The number of nitrogens with one attached hydrogen (secondary N) is 2. The number of carbonyl (C=O) groups is 1. The van der Waals surface area contributed by atoms with Crippen LogP contribution in [0.25, 0.3) is 5.69 Å². The fraction of sp³-hybridized carbons (Fsp3) is 0.522. The van der Waals surface area contributed by atoms with Crippen LogP contribution in [-0.2, 0) is 6.54 Å². The molecule has 32 heavy (non-hydrogen) atoms. The number of amides is 2. The Morgan fingerprint density at radius 1 is 1.22 bits per heavy atom. The van der Waals surface area contributed by atoms with Gasteiger partial charge >= 0.3 is 11.7 Å². The van der Waals surface area contributed by atoms with E-state index in [1.165, 1.54) is 23.0 Å². The minimum atomic E-state index is -0.427. The minimum absolute atomic E-state index is 0.233. The highest BCUT2D eigenvalue weighted by Gasteiger charge is 2.22. The summed E-state index contributed by atoms with van der Waals surface area (Å²) in [6.45, 7) is 3.66. The smallest absolute Gasteiger partial charge is 0.328 e. The molecule has 172 valence electrons. The maximum Gasteiger partial charge on any atom is 0.354 e. The van der Waals surface area contributed by atoms with Gasteiger partial charge in [0.2, 0.25) is 0 Å². The first-order valence-corrected chi connectivity index (χ1v) is 11.4. The second-order valence-electron chi connectivity index (χ2n) is 8.79. The number of hydrogen-bond acceptors (Lipinski definition) is 6. The molecule has 0 radical (unpaired) electrons. The summed E-state index contributed by atoms with van der Waals surface area (Å²) in [5, 5.41) is 5.92. The van der Waals surface area contributed by atoms with Crippen molar-refractivity contribution >= 4 is 11.8 Å². The molecule has 9 heteroatoms. The zero-order valence-corrected chi connectivity index (χ0v) is 18.7. The van der Waals surface area contributed by atoms with Crippen LogP contribution in [0.1, 0.15) is 31.2 Å². The Morgan fingerprint density at radius 2 is 1.97 bits per heavy atom. The minimum Gasteiger partial charge on any atom is -0.328 e. The highest BCUT2D eigenvalue weighted by Crippen LogP contribution is 2.22. The highest BCUT2D eigenvalue weighted by molar-refractivity contribution is 5.88. The number of urea groups is 1. The molecule has 1 saturated heterocycles. The van der Waals surface area contributed by atoms with Gasteiger partial charge in [-0.25, -0.2) is 9.59 Å². The van der Waals surface area contributed by atoms with Crippen LogP contribution in [0, 0.1) is 0 Å². The molecule has 2 fully saturated rings. The van der Waals surface area contributed by atoms with Crippen LogP contribution < -0.4 is 22.1 Å². The molecule has 2 amide bonds. The SMILES string of the molecule is CN(Cc1ccc(-n2ccc(NC(=O)N3CCNCC3)nc2=O)cc1)C1CCC[C@@H](N)C1. The van der Waals surface area contributed by atoms with Gasteiger partial charge in [-0.1, -0.05) is 18.6 Å². The lowest BCUT2D eigenvalue weighted by Gasteiger charge is -2.34. The maximum absolute atomic E-state index is 12.6. The topological polar surface area (TPSA) is 109 Å². The monoisotopic (exact) mass is 439 g/mol. The molecular formula is C23H33N7O2. The molecule has 1 unspecified atom stereocenters. The fourth-order valence-corrected chi connectivity index (χ4v) is 4.51. The van der Waals surface area contributed by atoms with E-state index in [1.807, 2.05) is 24.3 Å². The molecule has 4 N–H and O–H groups in total. The highest BCUT2D eigenvalue weighted by atomic mass is 16.2. The van der Waals surface area contributed by atoms with Gasteiger partial charge < -0.3 is 16.0 Å². The van der Waals surface area contributed by atoms with Gasteiger partial charge in [0.25, 0.3) is 0 Å². The van der Waals surface area contributed by atoms with E-state index < -0.39 is 5.69 Å². The van der Waals surface area contributed by atoms with E-state index in [1.54, 1.807) is 17.2 Å². The van der Waals surface area contributed by atoms with Crippen molar-refractivity contribution in [2.75, 3.05) is 38.5 Å². The quantitative estimate of drug-likeness (QED) is 0.649. The summed E-state index contributed by atoms with van der Waals surface area (Å²) < 4.78 is 1.48. The largest absolute Gasteiger partial charge is 0.354 e. The van der Waals surface area contributed by atoms with Crippen molar-refractivity contribution in [3.05, 3.63) is 52.6 Å². The lowest BCUT2D eigenvalue weighted by Crippen LogP contribution is -2.48. The molecule has 0 bridgehead atoms. The van der Waals surface area contributed by atoms with Crippen molar-refractivity contribution in [1.29, 1.82) is 0 Å². The number of anilines is 1. The van der Waals surface area contributed by atoms with Gasteiger partial charge in [-0.05, 0) is 50.1 Å². The molecule has 2 heterocycles. The Balaban J connectivity index is 1.38. The van der Waals surface area contributed by atoms with E-state index in [4.69, 9.17) is 5.73 Å². The average molecular weight is 440 g/mol. The summed E-state index contributed by atoms with van der Waals surface area (Å²) in [4.78, 5) is 33.0. The molecule has 1 aliphatic carbocycles. The molecule has 0 spiro atoms. The van der Waals surface area contributed by atoms with Crippen molar-refractivity contribution in [2.45, 2.75) is 44.3 Å². The standard InChI is InChI=1S/C23H33N7O2/c1-28(20-4-2-3-18(24)15-20)16-17-5-7-19(8-6-17)30-12-9-21(27-23(30)32)26-22(31)29-13-10-25-11-14-29/h5-9,12,18,20,25H,2-4,10-11,13-16,24H2,1H3,(H,26,27,31,32)/t18-,20?/m1/s1. The Kier molecular flexibility index (Phi) is 7.19. The molecule has 1 aromatic heterocycles. The predicted octanol–water partition coefficient (Wildman–Crippen LogP) is 1.37. The van der Waals surface area contributed by atoms with Crippen LogP contribution in [-0.4, -0.2) is 70.7 Å².